The van der Waals surface area contributed by atoms with E-state index in [1.807, 2.05) is 35.2 Å². The number of nitrogens with two attached hydrogens (primary N) is 1. The molecule has 1 aliphatic carbocycles. The maximum atomic E-state index is 12.4. The van der Waals surface area contributed by atoms with E-state index < -0.39 is 0 Å². The molecule has 1 aromatic heterocycles. The molecular formula is C26H33N5O. The number of nitrogens with one attached hydrogen (secondary N) is 1. The molecule has 1 saturated carbocycles. The van der Waals surface area contributed by atoms with Gasteiger partial charge in [-0.05, 0) is 49.8 Å². The van der Waals surface area contributed by atoms with Gasteiger partial charge in [-0.3, -0.25) is 4.90 Å². The summed E-state index contributed by atoms with van der Waals surface area (Å²) in [7, 11) is 4.12. The number of pyridine rings is 1. The number of carbonyl (C=O) groups excluding carboxylic acids is 1. The standard InChI is InChI=1S/C26H33N5O/c1-4-18-9-5-8-12-23(18)31(26(27)32)20-15-13-19(14-16-20)28-25-17-24(30(2)3)21-10-6-7-11-22(21)29-25/h5-12,17,19-20H,4,13-16H2,1-3H3,(H2,27,32)(H,28,29)/t19-,20+. The van der Waals surface area contributed by atoms with Gasteiger partial charge in [0.1, 0.15) is 5.82 Å². The lowest BCUT2D eigenvalue weighted by Gasteiger charge is -2.37. The second-order valence-corrected chi connectivity index (χ2v) is 8.78. The summed E-state index contributed by atoms with van der Waals surface area (Å²) in [6.45, 7) is 2.11. The molecule has 0 aliphatic heterocycles. The number of hydrogen-bond donors (Lipinski definition) is 2. The van der Waals surface area contributed by atoms with Crippen LogP contribution < -0.4 is 20.9 Å². The third-order valence-electron chi connectivity index (χ3n) is 6.46. The van der Waals surface area contributed by atoms with E-state index in [9.17, 15) is 4.79 Å². The number of para-hydroxylation sites is 2. The molecule has 3 N–H and O–H groups in total. The molecule has 168 valence electrons. The molecule has 1 aliphatic rings. The van der Waals surface area contributed by atoms with Crippen LogP contribution in [0.15, 0.2) is 54.6 Å². The Labute approximate surface area is 190 Å². The third kappa shape index (κ3) is 4.49. The Balaban J connectivity index is 1.48. The number of carbonyl (C=O) groups is 1. The van der Waals surface area contributed by atoms with Gasteiger partial charge in [0, 0.05) is 49.0 Å². The van der Waals surface area contributed by atoms with Crippen molar-refractivity contribution in [2.24, 2.45) is 5.73 Å². The second-order valence-electron chi connectivity index (χ2n) is 8.78. The lowest BCUT2D eigenvalue weighted by Crippen LogP contribution is -2.47. The van der Waals surface area contributed by atoms with Crippen LogP contribution in [-0.2, 0) is 6.42 Å². The molecule has 0 saturated heterocycles. The molecule has 6 heteroatoms. The molecular weight excluding hydrogens is 398 g/mol. The Bertz CT molecular complexity index is 1090. The summed E-state index contributed by atoms with van der Waals surface area (Å²) in [5.41, 5.74) is 10.1. The average Bonchev–Trinajstić information content (AvgIpc) is 2.80. The van der Waals surface area contributed by atoms with Gasteiger partial charge in [-0.2, -0.15) is 0 Å². The zero-order valence-corrected chi connectivity index (χ0v) is 19.2. The number of amides is 2. The second kappa shape index (κ2) is 9.47. The van der Waals surface area contributed by atoms with Gasteiger partial charge in [0.25, 0.3) is 0 Å². The predicted molar refractivity (Wildman–Crippen MR) is 134 cm³/mol. The van der Waals surface area contributed by atoms with Crippen molar-refractivity contribution < 1.29 is 4.79 Å². The van der Waals surface area contributed by atoms with E-state index in [0.717, 1.165) is 65.8 Å². The Hall–Kier alpha value is -3.28. The molecule has 1 fully saturated rings. The predicted octanol–water partition coefficient (Wildman–Crippen LogP) is 5.17. The van der Waals surface area contributed by atoms with Gasteiger partial charge in [0.05, 0.1) is 5.52 Å². The molecule has 6 nitrogen and oxygen atoms in total. The van der Waals surface area contributed by atoms with Crippen molar-refractivity contribution in [2.45, 2.75) is 51.1 Å². The SMILES string of the molecule is CCc1ccccc1N(C(N)=O)[C@H]1CC[C@@H](Nc2cc(N(C)C)c3ccccc3n2)CC1. The lowest BCUT2D eigenvalue weighted by molar-refractivity contribution is 0.248. The van der Waals surface area contributed by atoms with Gasteiger partial charge in [0.15, 0.2) is 0 Å². The number of benzene rings is 2. The minimum atomic E-state index is -0.367. The smallest absolute Gasteiger partial charge is 0.319 e. The van der Waals surface area contributed by atoms with Crippen LogP contribution in [0.3, 0.4) is 0 Å². The largest absolute Gasteiger partial charge is 0.377 e. The molecule has 3 aromatic rings. The number of aromatic nitrogens is 1. The van der Waals surface area contributed by atoms with Gasteiger partial charge in [0.2, 0.25) is 0 Å². The first-order chi connectivity index (χ1) is 15.5. The highest BCUT2D eigenvalue weighted by Crippen LogP contribution is 2.32. The van der Waals surface area contributed by atoms with Gasteiger partial charge in [-0.15, -0.1) is 0 Å². The third-order valence-corrected chi connectivity index (χ3v) is 6.46. The van der Waals surface area contributed by atoms with Crippen molar-refractivity contribution >= 4 is 34.1 Å². The van der Waals surface area contributed by atoms with E-state index in [1.165, 1.54) is 0 Å². The zero-order valence-electron chi connectivity index (χ0n) is 19.2. The highest BCUT2D eigenvalue weighted by atomic mass is 16.2. The fraction of sp³-hybridized carbons (Fsp3) is 0.385. The van der Waals surface area contributed by atoms with Crippen LogP contribution in [0.1, 0.15) is 38.2 Å². The summed E-state index contributed by atoms with van der Waals surface area (Å²) >= 11 is 0. The molecule has 0 radical (unpaired) electrons. The Morgan fingerprint density at radius 1 is 1.03 bits per heavy atom. The number of anilines is 3. The molecule has 4 rings (SSSR count). The van der Waals surface area contributed by atoms with Gasteiger partial charge < -0.3 is 16.0 Å². The molecule has 0 spiro atoms. The van der Waals surface area contributed by atoms with Gasteiger partial charge in [-0.25, -0.2) is 9.78 Å². The molecule has 0 bridgehead atoms. The number of rotatable bonds is 6. The summed E-state index contributed by atoms with van der Waals surface area (Å²) in [6.07, 6.45) is 4.63. The number of aryl methyl sites for hydroxylation is 1. The van der Waals surface area contributed by atoms with E-state index >= 15 is 0 Å². The highest BCUT2D eigenvalue weighted by molar-refractivity contribution is 5.93. The Morgan fingerprint density at radius 3 is 2.41 bits per heavy atom. The van der Waals surface area contributed by atoms with Crippen LogP contribution in [0.25, 0.3) is 10.9 Å². The van der Waals surface area contributed by atoms with Crippen molar-refractivity contribution in [3.8, 4) is 0 Å². The van der Waals surface area contributed by atoms with E-state index in [-0.39, 0.29) is 12.1 Å². The first kappa shape index (κ1) is 21.9. The van der Waals surface area contributed by atoms with Crippen LogP contribution in [0.4, 0.5) is 22.0 Å². The molecule has 32 heavy (non-hydrogen) atoms. The van der Waals surface area contributed by atoms with Crippen LogP contribution in [0, 0.1) is 0 Å². The quantitative estimate of drug-likeness (QED) is 0.564. The van der Waals surface area contributed by atoms with E-state index in [2.05, 4.69) is 55.5 Å². The summed E-state index contributed by atoms with van der Waals surface area (Å²) in [4.78, 5) is 21.2. The normalized spacial score (nSPS) is 18.3. The summed E-state index contributed by atoms with van der Waals surface area (Å²) < 4.78 is 0. The fourth-order valence-electron chi connectivity index (χ4n) is 4.83. The number of hydrogen-bond acceptors (Lipinski definition) is 4. The van der Waals surface area contributed by atoms with Crippen molar-refractivity contribution in [1.29, 1.82) is 0 Å². The van der Waals surface area contributed by atoms with Crippen molar-refractivity contribution in [1.82, 2.24) is 4.98 Å². The minimum absolute atomic E-state index is 0.125. The van der Waals surface area contributed by atoms with Crippen LogP contribution in [-0.4, -0.2) is 37.2 Å². The number of primary amides is 1. The summed E-state index contributed by atoms with van der Waals surface area (Å²) in [5, 5.41) is 4.80. The van der Waals surface area contributed by atoms with E-state index in [0.29, 0.717) is 6.04 Å². The summed E-state index contributed by atoms with van der Waals surface area (Å²) in [5.74, 6) is 0.902. The fourth-order valence-corrected chi connectivity index (χ4v) is 4.83. The molecule has 1 heterocycles. The first-order valence-corrected chi connectivity index (χ1v) is 11.5. The number of urea groups is 1. The lowest BCUT2D eigenvalue weighted by atomic mass is 9.89. The average molecular weight is 432 g/mol. The molecule has 2 amide bonds. The van der Waals surface area contributed by atoms with Crippen molar-refractivity contribution in [2.75, 3.05) is 29.2 Å². The zero-order chi connectivity index (χ0) is 22.7. The molecule has 0 unspecified atom stereocenters. The van der Waals surface area contributed by atoms with Crippen LogP contribution in [0.2, 0.25) is 0 Å². The van der Waals surface area contributed by atoms with Crippen LogP contribution in [0.5, 0.6) is 0 Å². The monoisotopic (exact) mass is 431 g/mol. The van der Waals surface area contributed by atoms with Gasteiger partial charge >= 0.3 is 6.03 Å². The Morgan fingerprint density at radius 2 is 1.72 bits per heavy atom. The van der Waals surface area contributed by atoms with Gasteiger partial charge in [-0.1, -0.05) is 43.3 Å². The topological polar surface area (TPSA) is 74.5 Å². The maximum absolute atomic E-state index is 12.4. The number of nitrogens with zero attached hydrogens (tertiary/aromatic N) is 3. The first-order valence-electron chi connectivity index (χ1n) is 11.5. The van der Waals surface area contributed by atoms with E-state index in [1.54, 1.807) is 0 Å². The minimum Gasteiger partial charge on any atom is -0.377 e. The number of fused-ring (bicyclic) bond motifs is 1. The van der Waals surface area contributed by atoms with E-state index in [4.69, 9.17) is 10.7 Å². The highest BCUT2D eigenvalue weighted by Gasteiger charge is 2.30. The maximum Gasteiger partial charge on any atom is 0.319 e. The molecule has 2 aromatic carbocycles. The van der Waals surface area contributed by atoms with Crippen molar-refractivity contribution in [3.05, 3.63) is 60.2 Å². The Kier molecular flexibility index (Phi) is 6.49. The summed E-state index contributed by atoms with van der Waals surface area (Å²) in [6, 6.07) is 18.5. The van der Waals surface area contributed by atoms with Crippen LogP contribution >= 0.6 is 0 Å². The van der Waals surface area contributed by atoms with Crippen molar-refractivity contribution in [3.63, 3.8) is 0 Å². The molecule has 0 atom stereocenters.